The highest BCUT2D eigenvalue weighted by Gasteiger charge is 2.49. The Bertz CT molecular complexity index is 1600. The average molecular weight is 665 g/mol. The molecule has 0 saturated carbocycles. The van der Waals surface area contributed by atoms with Crippen LogP contribution in [0.1, 0.15) is 56.8 Å². The largest absolute Gasteiger partial charge is 0.445 e. The fourth-order valence-electron chi connectivity index (χ4n) is 5.32. The van der Waals surface area contributed by atoms with E-state index in [4.69, 9.17) is 9.47 Å². The molecule has 1 saturated heterocycles. The van der Waals surface area contributed by atoms with E-state index in [1.807, 2.05) is 74.5 Å². The van der Waals surface area contributed by atoms with Crippen LogP contribution in [0.4, 0.5) is 4.79 Å². The molecule has 47 heavy (non-hydrogen) atoms. The summed E-state index contributed by atoms with van der Waals surface area (Å²) in [5.74, 6) is -0.745. The third-order valence-corrected chi connectivity index (χ3v) is 10.6. The summed E-state index contributed by atoms with van der Waals surface area (Å²) in [4.78, 5) is 43.8. The fraction of sp³-hybridized carbons (Fsp3) is 0.429. The van der Waals surface area contributed by atoms with E-state index in [9.17, 15) is 22.8 Å². The van der Waals surface area contributed by atoms with Gasteiger partial charge in [-0.2, -0.15) is 0 Å². The van der Waals surface area contributed by atoms with Gasteiger partial charge in [0.2, 0.25) is 11.8 Å². The molecule has 0 aliphatic carbocycles. The SMILES string of the molecule is CC(C)[C@@H](NC(=O)C[C@@H]1O[C@@H]1[C@H](Cc1ccccc1)NC(=O)[C@@H](NC(=O)OCc1ccncc1)C(C)(C)S(C)(=O)=O)c1ccccc1. The third kappa shape index (κ3) is 9.85. The number of nitrogens with zero attached hydrogens (tertiary/aromatic N) is 1. The van der Waals surface area contributed by atoms with E-state index in [-0.39, 0.29) is 30.9 Å². The van der Waals surface area contributed by atoms with Gasteiger partial charge in [0.1, 0.15) is 18.8 Å². The first-order valence-corrected chi connectivity index (χ1v) is 17.5. The summed E-state index contributed by atoms with van der Waals surface area (Å²) in [6, 6.07) is 20.2. The molecule has 252 valence electrons. The summed E-state index contributed by atoms with van der Waals surface area (Å²) in [5.41, 5.74) is 2.58. The van der Waals surface area contributed by atoms with Crippen molar-refractivity contribution in [2.75, 3.05) is 6.26 Å². The van der Waals surface area contributed by atoms with Crippen LogP contribution in [-0.2, 0) is 41.9 Å². The maximum atomic E-state index is 13.9. The molecule has 4 rings (SSSR count). The van der Waals surface area contributed by atoms with Crippen LogP contribution in [0.2, 0.25) is 0 Å². The van der Waals surface area contributed by atoms with Gasteiger partial charge >= 0.3 is 6.09 Å². The Morgan fingerprint density at radius 1 is 0.894 bits per heavy atom. The number of epoxide rings is 1. The van der Waals surface area contributed by atoms with E-state index in [2.05, 4.69) is 20.9 Å². The van der Waals surface area contributed by atoms with Crippen molar-refractivity contribution in [2.24, 2.45) is 5.92 Å². The topological polar surface area (TPSA) is 156 Å². The molecule has 2 heterocycles. The number of sulfone groups is 1. The number of nitrogens with one attached hydrogen (secondary N) is 3. The highest BCUT2D eigenvalue weighted by molar-refractivity contribution is 7.92. The van der Waals surface area contributed by atoms with Crippen molar-refractivity contribution in [3.05, 3.63) is 102 Å². The van der Waals surface area contributed by atoms with Gasteiger partial charge in [0, 0.05) is 18.6 Å². The number of hydrogen-bond donors (Lipinski definition) is 3. The zero-order valence-electron chi connectivity index (χ0n) is 27.4. The van der Waals surface area contributed by atoms with Crippen LogP contribution in [0.25, 0.3) is 0 Å². The standard InChI is InChI=1S/C35H44N4O7S/c1-23(2)30(26-14-10-7-11-15-26)38-29(40)21-28-31(46-28)27(20-24-12-8-6-9-13-24)37-33(41)32(35(3,4)47(5,43)44)39-34(42)45-22-25-16-18-36-19-17-25/h6-19,23,27-28,30-32H,20-22H2,1-5H3,(H,37,41)(H,38,40)(H,39,42)/t27-,28-,30+,31+,32+/m0/s1. The van der Waals surface area contributed by atoms with E-state index < -0.39 is 50.9 Å². The number of alkyl carbamates (subject to hydrolysis) is 1. The lowest BCUT2D eigenvalue weighted by Gasteiger charge is -2.33. The minimum absolute atomic E-state index is 0.0831. The minimum atomic E-state index is -3.85. The Hall–Kier alpha value is -4.29. The molecule has 12 heteroatoms. The van der Waals surface area contributed by atoms with Gasteiger partial charge in [0.05, 0.1) is 29.4 Å². The molecule has 1 aliphatic heterocycles. The van der Waals surface area contributed by atoms with Crippen molar-refractivity contribution in [3.8, 4) is 0 Å². The second-order valence-electron chi connectivity index (χ2n) is 12.7. The van der Waals surface area contributed by atoms with Crippen LogP contribution in [-0.4, -0.2) is 66.6 Å². The van der Waals surface area contributed by atoms with Crippen LogP contribution in [0.3, 0.4) is 0 Å². The number of carbonyl (C=O) groups is 3. The van der Waals surface area contributed by atoms with Crippen molar-refractivity contribution < 1.29 is 32.3 Å². The Labute approximate surface area is 276 Å². The molecule has 1 fully saturated rings. The highest BCUT2D eigenvalue weighted by atomic mass is 32.2. The Balaban J connectivity index is 1.48. The zero-order chi connectivity index (χ0) is 34.2. The molecule has 1 aliphatic rings. The number of benzene rings is 2. The Morgan fingerprint density at radius 2 is 1.51 bits per heavy atom. The highest BCUT2D eigenvalue weighted by Crippen LogP contribution is 2.32. The van der Waals surface area contributed by atoms with Gasteiger partial charge in [-0.25, -0.2) is 13.2 Å². The van der Waals surface area contributed by atoms with E-state index in [0.717, 1.165) is 17.4 Å². The van der Waals surface area contributed by atoms with Gasteiger partial charge < -0.3 is 25.4 Å². The lowest BCUT2D eigenvalue weighted by molar-refractivity contribution is -0.124. The number of ether oxygens (including phenoxy) is 2. The smallest absolute Gasteiger partial charge is 0.408 e. The Kier molecular flexibility index (Phi) is 11.8. The number of rotatable bonds is 15. The molecular formula is C35H44N4O7S. The van der Waals surface area contributed by atoms with E-state index in [1.54, 1.807) is 24.5 Å². The summed E-state index contributed by atoms with van der Waals surface area (Å²) in [6.07, 6.45) is 2.62. The summed E-state index contributed by atoms with van der Waals surface area (Å²) in [5, 5.41) is 8.53. The molecule has 5 atom stereocenters. The number of amides is 3. The first-order valence-electron chi connectivity index (χ1n) is 15.6. The number of carbonyl (C=O) groups excluding carboxylic acids is 3. The van der Waals surface area contributed by atoms with Gasteiger partial charge in [0.25, 0.3) is 0 Å². The van der Waals surface area contributed by atoms with E-state index in [1.165, 1.54) is 13.8 Å². The molecule has 1 aromatic heterocycles. The molecule has 3 N–H and O–H groups in total. The molecule has 0 bridgehead atoms. The number of aromatic nitrogens is 1. The third-order valence-electron chi connectivity index (χ3n) is 8.47. The normalized spacial score (nSPS) is 18.0. The quantitative estimate of drug-likeness (QED) is 0.207. The molecule has 2 aromatic carbocycles. The number of hydrogen-bond acceptors (Lipinski definition) is 8. The predicted molar refractivity (Wildman–Crippen MR) is 178 cm³/mol. The lowest BCUT2D eigenvalue weighted by Crippen LogP contribution is -2.62. The predicted octanol–water partition coefficient (Wildman–Crippen LogP) is 3.90. The van der Waals surface area contributed by atoms with Gasteiger partial charge in [-0.3, -0.25) is 14.6 Å². The van der Waals surface area contributed by atoms with Crippen molar-refractivity contribution in [3.63, 3.8) is 0 Å². The monoisotopic (exact) mass is 664 g/mol. The maximum Gasteiger partial charge on any atom is 0.408 e. The summed E-state index contributed by atoms with van der Waals surface area (Å²) < 4.78 is 35.3. The molecule has 11 nitrogen and oxygen atoms in total. The molecular weight excluding hydrogens is 620 g/mol. The first kappa shape index (κ1) is 35.6. The Morgan fingerprint density at radius 3 is 2.11 bits per heavy atom. The molecule has 0 spiro atoms. The molecule has 0 radical (unpaired) electrons. The summed E-state index contributed by atoms with van der Waals surface area (Å²) >= 11 is 0. The van der Waals surface area contributed by atoms with Gasteiger partial charge in [-0.15, -0.1) is 0 Å². The zero-order valence-corrected chi connectivity index (χ0v) is 28.2. The number of pyridine rings is 1. The van der Waals surface area contributed by atoms with Crippen molar-refractivity contribution in [1.82, 2.24) is 20.9 Å². The van der Waals surface area contributed by atoms with Crippen molar-refractivity contribution in [1.29, 1.82) is 0 Å². The van der Waals surface area contributed by atoms with Crippen LogP contribution >= 0.6 is 0 Å². The van der Waals surface area contributed by atoms with E-state index in [0.29, 0.717) is 12.0 Å². The van der Waals surface area contributed by atoms with Crippen molar-refractivity contribution in [2.45, 2.75) is 82.2 Å². The molecule has 3 amide bonds. The average Bonchev–Trinajstić information content (AvgIpc) is 3.80. The lowest BCUT2D eigenvalue weighted by atomic mass is 9.95. The fourth-order valence-corrected chi connectivity index (χ4v) is 5.92. The van der Waals surface area contributed by atoms with Crippen LogP contribution < -0.4 is 16.0 Å². The summed E-state index contributed by atoms with van der Waals surface area (Å²) in [7, 11) is -3.85. The molecule has 3 aromatic rings. The van der Waals surface area contributed by atoms with E-state index >= 15 is 0 Å². The first-order chi connectivity index (χ1) is 22.3. The minimum Gasteiger partial charge on any atom is -0.445 e. The van der Waals surface area contributed by atoms with Gasteiger partial charge in [0.15, 0.2) is 9.84 Å². The second kappa shape index (κ2) is 15.5. The van der Waals surface area contributed by atoms with Crippen LogP contribution in [0.5, 0.6) is 0 Å². The molecule has 0 unspecified atom stereocenters. The van der Waals surface area contributed by atoms with Crippen LogP contribution in [0, 0.1) is 5.92 Å². The summed E-state index contributed by atoms with van der Waals surface area (Å²) in [6.45, 7) is 6.73. The second-order valence-corrected chi connectivity index (χ2v) is 15.3. The van der Waals surface area contributed by atoms with Crippen LogP contribution in [0.15, 0.2) is 85.2 Å². The van der Waals surface area contributed by atoms with Crippen molar-refractivity contribution >= 4 is 27.7 Å². The maximum absolute atomic E-state index is 13.9. The van der Waals surface area contributed by atoms with Gasteiger partial charge in [-0.1, -0.05) is 74.5 Å². The van der Waals surface area contributed by atoms with Gasteiger partial charge in [-0.05, 0) is 55.0 Å².